The number of benzene rings is 1. The van der Waals surface area contributed by atoms with Gasteiger partial charge in [-0.3, -0.25) is 15.1 Å². The van der Waals surface area contributed by atoms with E-state index in [0.717, 1.165) is 61.5 Å². The van der Waals surface area contributed by atoms with Crippen LogP contribution in [-0.2, 0) is 0 Å². The summed E-state index contributed by atoms with van der Waals surface area (Å²) in [5.74, 6) is 2.54. The van der Waals surface area contributed by atoms with Gasteiger partial charge in [0.1, 0.15) is 5.82 Å². The standard InChI is InChI=1S/C20H23N6O/c1-23-11-13-24(14-12-23)17-8-7-16-19(22-17)25-10-9-21-20(25)18(26(16)27)15-5-3-2-4-6-15/h2-8,27H,9-14H2,1H3/q+1. The van der Waals surface area contributed by atoms with Crippen LogP contribution in [0.3, 0.4) is 0 Å². The summed E-state index contributed by atoms with van der Waals surface area (Å²) in [6, 6.07) is 13.9. The van der Waals surface area contributed by atoms with Crippen molar-refractivity contribution in [2.24, 2.45) is 4.99 Å². The lowest BCUT2D eigenvalue weighted by atomic mass is 10.1. The minimum Gasteiger partial charge on any atom is -0.354 e. The SMILES string of the molecule is CN1CCN(c2ccc3c(n2)N2CCN=C2C(c2ccccc2)=[N+]3O)CC1. The van der Waals surface area contributed by atoms with Crippen molar-refractivity contribution < 1.29 is 9.95 Å². The molecule has 0 atom stereocenters. The van der Waals surface area contributed by atoms with E-state index in [2.05, 4.69) is 26.7 Å². The Kier molecular flexibility index (Phi) is 3.82. The molecule has 7 nitrogen and oxygen atoms in total. The molecule has 0 amide bonds. The molecule has 0 bridgehead atoms. The van der Waals surface area contributed by atoms with Crippen LogP contribution in [0.5, 0.6) is 0 Å². The van der Waals surface area contributed by atoms with Gasteiger partial charge in [0.25, 0.3) is 0 Å². The number of piperazine rings is 1. The average Bonchev–Trinajstić information content (AvgIpc) is 3.19. The monoisotopic (exact) mass is 363 g/mol. The lowest BCUT2D eigenvalue weighted by Crippen LogP contribution is -2.45. The van der Waals surface area contributed by atoms with Crippen LogP contribution in [0, 0.1) is 0 Å². The van der Waals surface area contributed by atoms with Crippen molar-refractivity contribution >= 4 is 28.9 Å². The van der Waals surface area contributed by atoms with Crippen LogP contribution in [0.4, 0.5) is 17.3 Å². The first-order chi connectivity index (χ1) is 13.2. The number of anilines is 2. The summed E-state index contributed by atoms with van der Waals surface area (Å²) in [6.07, 6.45) is 0. The van der Waals surface area contributed by atoms with Crippen molar-refractivity contribution in [1.29, 1.82) is 0 Å². The van der Waals surface area contributed by atoms with E-state index >= 15 is 0 Å². The van der Waals surface area contributed by atoms with Gasteiger partial charge >= 0.3 is 11.4 Å². The molecule has 3 aliphatic rings. The number of aliphatic imine (C=N–C) groups is 1. The molecule has 5 rings (SSSR count). The summed E-state index contributed by atoms with van der Waals surface area (Å²) in [7, 11) is 2.15. The van der Waals surface area contributed by atoms with E-state index in [0.29, 0.717) is 12.2 Å². The average molecular weight is 363 g/mol. The number of aromatic nitrogens is 1. The molecule has 27 heavy (non-hydrogen) atoms. The van der Waals surface area contributed by atoms with E-state index in [1.807, 2.05) is 42.5 Å². The number of hydrogen-bond donors (Lipinski definition) is 1. The Hall–Kier alpha value is -2.93. The van der Waals surface area contributed by atoms with Gasteiger partial charge in [-0.2, -0.15) is 0 Å². The van der Waals surface area contributed by atoms with Gasteiger partial charge in [-0.15, -0.1) is 0 Å². The summed E-state index contributed by atoms with van der Waals surface area (Å²) in [6.45, 7) is 5.49. The summed E-state index contributed by atoms with van der Waals surface area (Å²) in [5, 5.41) is 11.0. The fourth-order valence-electron chi connectivity index (χ4n) is 3.93. The van der Waals surface area contributed by atoms with Crippen molar-refractivity contribution in [3.63, 3.8) is 0 Å². The smallest absolute Gasteiger partial charge is 0.307 e. The first-order valence-electron chi connectivity index (χ1n) is 9.40. The zero-order valence-corrected chi connectivity index (χ0v) is 15.4. The Morgan fingerprint density at radius 2 is 1.74 bits per heavy atom. The van der Waals surface area contributed by atoms with Gasteiger partial charge in [0, 0.05) is 43.5 Å². The van der Waals surface area contributed by atoms with Crippen LogP contribution in [0.15, 0.2) is 47.5 Å². The Morgan fingerprint density at radius 1 is 0.963 bits per heavy atom. The highest BCUT2D eigenvalue weighted by molar-refractivity contribution is 6.51. The van der Waals surface area contributed by atoms with E-state index in [-0.39, 0.29) is 0 Å². The molecule has 1 aromatic carbocycles. The molecule has 2 aromatic rings. The maximum Gasteiger partial charge on any atom is 0.307 e. The highest BCUT2D eigenvalue weighted by atomic mass is 16.5. The molecule has 3 aliphatic heterocycles. The topological polar surface area (TPSA) is 58.2 Å². The van der Waals surface area contributed by atoms with Gasteiger partial charge in [0.05, 0.1) is 12.1 Å². The number of fused-ring (bicyclic) bond motifs is 3. The number of pyridine rings is 1. The van der Waals surface area contributed by atoms with E-state index in [1.165, 1.54) is 4.74 Å². The molecule has 0 radical (unpaired) electrons. The van der Waals surface area contributed by atoms with Gasteiger partial charge in [-0.1, -0.05) is 18.2 Å². The fraction of sp³-hybridized carbons (Fsp3) is 0.350. The van der Waals surface area contributed by atoms with E-state index in [9.17, 15) is 5.21 Å². The van der Waals surface area contributed by atoms with Gasteiger partial charge in [-0.05, 0) is 25.2 Å². The predicted octanol–water partition coefficient (Wildman–Crippen LogP) is 1.59. The second kappa shape index (κ2) is 6.35. The Bertz CT molecular complexity index is 931. The number of rotatable bonds is 2. The molecule has 4 heterocycles. The molecule has 138 valence electrons. The minimum atomic E-state index is 0.701. The quantitative estimate of drug-likeness (QED) is 0.649. The molecule has 0 unspecified atom stereocenters. The first kappa shape index (κ1) is 16.3. The van der Waals surface area contributed by atoms with Crippen molar-refractivity contribution in [2.75, 3.05) is 56.1 Å². The minimum absolute atomic E-state index is 0.701. The Labute approximate surface area is 158 Å². The second-order valence-corrected chi connectivity index (χ2v) is 7.19. The highest BCUT2D eigenvalue weighted by Crippen LogP contribution is 2.35. The predicted molar refractivity (Wildman–Crippen MR) is 106 cm³/mol. The molecule has 0 saturated carbocycles. The summed E-state index contributed by atoms with van der Waals surface area (Å²) in [4.78, 5) is 16.4. The van der Waals surface area contributed by atoms with Crippen LogP contribution >= 0.6 is 0 Å². The molecule has 1 aromatic heterocycles. The number of amidine groups is 1. The zero-order valence-electron chi connectivity index (χ0n) is 15.4. The Morgan fingerprint density at radius 3 is 2.52 bits per heavy atom. The van der Waals surface area contributed by atoms with Crippen molar-refractivity contribution in [1.82, 2.24) is 9.88 Å². The van der Waals surface area contributed by atoms with Gasteiger partial charge < -0.3 is 9.80 Å². The summed E-state index contributed by atoms with van der Waals surface area (Å²) in [5.41, 5.74) is 2.36. The third-order valence-electron chi connectivity index (χ3n) is 5.46. The van der Waals surface area contributed by atoms with Crippen molar-refractivity contribution in [3.8, 4) is 0 Å². The van der Waals surface area contributed by atoms with Gasteiger partial charge in [-0.25, -0.2) is 4.98 Å². The molecule has 1 N–H and O–H groups in total. The molecular formula is C20H23N6O+. The third kappa shape index (κ3) is 2.66. The number of hydrogen-bond acceptors (Lipinski definition) is 6. The molecule has 1 saturated heterocycles. The highest BCUT2D eigenvalue weighted by Gasteiger charge is 2.42. The summed E-state index contributed by atoms with van der Waals surface area (Å²) >= 11 is 0. The maximum atomic E-state index is 11.0. The van der Waals surface area contributed by atoms with Gasteiger partial charge in [0.2, 0.25) is 11.7 Å². The van der Waals surface area contributed by atoms with E-state index in [1.54, 1.807) is 0 Å². The van der Waals surface area contributed by atoms with Crippen LogP contribution in [0.25, 0.3) is 0 Å². The van der Waals surface area contributed by atoms with Gasteiger partial charge in [0.15, 0.2) is 0 Å². The van der Waals surface area contributed by atoms with Crippen LogP contribution in [-0.4, -0.2) is 77.7 Å². The normalized spacial score (nSPS) is 19.8. The molecule has 0 aliphatic carbocycles. The molecule has 0 spiro atoms. The second-order valence-electron chi connectivity index (χ2n) is 7.19. The van der Waals surface area contributed by atoms with Crippen LogP contribution in [0.2, 0.25) is 0 Å². The number of nitrogens with zero attached hydrogens (tertiary/aromatic N) is 6. The van der Waals surface area contributed by atoms with E-state index in [4.69, 9.17) is 4.98 Å². The maximum absolute atomic E-state index is 11.0. The molecule has 1 fully saturated rings. The molecular weight excluding hydrogens is 340 g/mol. The van der Waals surface area contributed by atoms with Crippen molar-refractivity contribution in [3.05, 3.63) is 48.0 Å². The zero-order chi connectivity index (χ0) is 18.4. The van der Waals surface area contributed by atoms with Crippen molar-refractivity contribution in [2.45, 2.75) is 0 Å². The first-order valence-corrected chi connectivity index (χ1v) is 9.40. The van der Waals surface area contributed by atoms with E-state index < -0.39 is 0 Å². The lowest BCUT2D eigenvalue weighted by molar-refractivity contribution is -0.711. The number of likely N-dealkylation sites (N-methyl/N-ethyl adjacent to an activating group) is 1. The Balaban J connectivity index is 1.59. The van der Waals surface area contributed by atoms with Crippen LogP contribution in [0.1, 0.15) is 5.56 Å². The third-order valence-corrected chi connectivity index (χ3v) is 5.46. The van der Waals surface area contributed by atoms with Crippen LogP contribution < -0.4 is 9.80 Å². The molecule has 7 heteroatoms. The summed E-state index contributed by atoms with van der Waals surface area (Å²) < 4.78 is 1.24. The lowest BCUT2D eigenvalue weighted by Gasteiger charge is -2.34. The largest absolute Gasteiger partial charge is 0.354 e. The fourth-order valence-corrected chi connectivity index (χ4v) is 3.93.